The fourth-order valence-electron chi connectivity index (χ4n) is 2.86. The van der Waals surface area contributed by atoms with E-state index in [4.69, 9.17) is 0 Å². The smallest absolute Gasteiger partial charge is 0.310 e. The Kier molecular flexibility index (Phi) is 5.83. The number of nitrogens with zero attached hydrogens (tertiary/aromatic N) is 1. The molecule has 5 nitrogen and oxygen atoms in total. The van der Waals surface area contributed by atoms with Gasteiger partial charge in [0.05, 0.1) is 11.2 Å². The predicted molar refractivity (Wildman–Crippen MR) is 83.6 cm³/mol. The van der Waals surface area contributed by atoms with Crippen molar-refractivity contribution in [1.82, 2.24) is 4.31 Å². The first-order valence-electron chi connectivity index (χ1n) is 7.74. The van der Waals surface area contributed by atoms with Crippen LogP contribution in [0.25, 0.3) is 0 Å². The van der Waals surface area contributed by atoms with Gasteiger partial charge in [-0.1, -0.05) is 34.1 Å². The van der Waals surface area contributed by atoms with Gasteiger partial charge < -0.3 is 5.11 Å². The number of carbonyl (C=O) groups is 1. The summed E-state index contributed by atoms with van der Waals surface area (Å²) in [6, 6.07) is 0. The predicted octanol–water partition coefficient (Wildman–Crippen LogP) is 2.72. The van der Waals surface area contributed by atoms with Crippen LogP contribution in [0.1, 0.15) is 59.8 Å². The lowest BCUT2D eigenvalue weighted by Gasteiger charge is -2.39. The van der Waals surface area contributed by atoms with Crippen LogP contribution in [0.15, 0.2) is 0 Å². The Balaban J connectivity index is 2.86. The number of piperidine rings is 1. The summed E-state index contributed by atoms with van der Waals surface area (Å²) in [5, 5.41) is 9.54. The van der Waals surface area contributed by atoms with Crippen LogP contribution < -0.4 is 0 Å². The Morgan fingerprint density at radius 2 is 1.95 bits per heavy atom. The molecule has 0 radical (unpaired) electrons. The summed E-state index contributed by atoms with van der Waals surface area (Å²) in [5.74, 6) is -0.765. The first-order valence-corrected chi connectivity index (χ1v) is 9.35. The summed E-state index contributed by atoms with van der Waals surface area (Å²) in [4.78, 5) is 11.6. The van der Waals surface area contributed by atoms with Crippen molar-refractivity contribution >= 4 is 16.0 Å². The number of rotatable bonds is 6. The lowest BCUT2D eigenvalue weighted by molar-refractivity contribution is -0.151. The molecule has 0 aliphatic carbocycles. The molecule has 6 heteroatoms. The summed E-state index contributed by atoms with van der Waals surface area (Å²) >= 11 is 0. The van der Waals surface area contributed by atoms with Gasteiger partial charge >= 0.3 is 5.97 Å². The average Bonchev–Trinajstić information content (AvgIpc) is 2.36. The van der Waals surface area contributed by atoms with Crippen molar-refractivity contribution in [2.24, 2.45) is 10.8 Å². The highest BCUT2D eigenvalue weighted by Crippen LogP contribution is 2.36. The van der Waals surface area contributed by atoms with E-state index in [-0.39, 0.29) is 17.7 Å². The fraction of sp³-hybridized carbons (Fsp3) is 0.933. The monoisotopic (exact) mass is 319 g/mol. The molecule has 1 unspecified atom stereocenters. The van der Waals surface area contributed by atoms with Gasteiger partial charge in [-0.05, 0) is 31.1 Å². The van der Waals surface area contributed by atoms with Crippen LogP contribution in [0.3, 0.4) is 0 Å². The van der Waals surface area contributed by atoms with Gasteiger partial charge in [-0.25, -0.2) is 12.7 Å². The third-order valence-electron chi connectivity index (χ3n) is 4.23. The Hall–Kier alpha value is -0.620. The standard InChI is InChI=1S/C15H29NO4S/c1-5-7-15(13(17)18)8-6-10-16(12-15)21(19,20)11-9-14(2,3)4/h5-12H2,1-4H3,(H,17,18). The molecule has 0 aromatic rings. The van der Waals surface area contributed by atoms with Crippen LogP contribution in [-0.2, 0) is 14.8 Å². The number of carboxylic acid groups (broad SMARTS) is 1. The Morgan fingerprint density at radius 1 is 1.33 bits per heavy atom. The SMILES string of the molecule is CCCC1(C(=O)O)CCCN(S(=O)(=O)CCC(C)(C)C)C1. The number of sulfonamides is 1. The minimum Gasteiger partial charge on any atom is -0.481 e. The maximum atomic E-state index is 12.5. The van der Waals surface area contributed by atoms with E-state index in [2.05, 4.69) is 0 Å². The van der Waals surface area contributed by atoms with Gasteiger partial charge in [0.2, 0.25) is 10.0 Å². The Morgan fingerprint density at radius 3 is 2.43 bits per heavy atom. The summed E-state index contributed by atoms with van der Waals surface area (Å²) in [5.41, 5.74) is -0.946. The van der Waals surface area contributed by atoms with Crippen molar-refractivity contribution in [2.75, 3.05) is 18.8 Å². The van der Waals surface area contributed by atoms with Crippen molar-refractivity contribution < 1.29 is 18.3 Å². The molecule has 0 amide bonds. The molecule has 0 aromatic heterocycles. The van der Waals surface area contributed by atoms with Crippen LogP contribution in [-0.4, -0.2) is 42.6 Å². The van der Waals surface area contributed by atoms with E-state index < -0.39 is 21.4 Å². The molecule has 1 aliphatic heterocycles. The summed E-state index contributed by atoms with van der Waals surface area (Å²) < 4.78 is 26.4. The first-order chi connectivity index (χ1) is 9.52. The van der Waals surface area contributed by atoms with Crippen molar-refractivity contribution in [1.29, 1.82) is 0 Å². The summed E-state index contributed by atoms with van der Waals surface area (Å²) in [6.45, 7) is 8.55. The van der Waals surface area contributed by atoms with Crippen LogP contribution in [0.5, 0.6) is 0 Å². The molecule has 0 spiro atoms. The highest BCUT2D eigenvalue weighted by Gasteiger charge is 2.44. The molecule has 0 aromatic carbocycles. The van der Waals surface area contributed by atoms with Crippen LogP contribution in [0, 0.1) is 10.8 Å². The molecule has 1 atom stereocenters. The quantitative estimate of drug-likeness (QED) is 0.817. The molecule has 1 fully saturated rings. The van der Waals surface area contributed by atoms with Gasteiger partial charge in [0, 0.05) is 13.1 Å². The molecule has 21 heavy (non-hydrogen) atoms. The topological polar surface area (TPSA) is 74.7 Å². The third-order valence-corrected chi connectivity index (χ3v) is 6.05. The van der Waals surface area contributed by atoms with Gasteiger partial charge in [-0.2, -0.15) is 0 Å². The van der Waals surface area contributed by atoms with Gasteiger partial charge in [-0.15, -0.1) is 0 Å². The van der Waals surface area contributed by atoms with Crippen LogP contribution >= 0.6 is 0 Å². The van der Waals surface area contributed by atoms with E-state index in [9.17, 15) is 18.3 Å². The second kappa shape index (κ2) is 6.65. The summed E-state index contributed by atoms with van der Waals surface area (Å²) in [7, 11) is -3.37. The van der Waals surface area contributed by atoms with Crippen molar-refractivity contribution in [3.8, 4) is 0 Å². The second-order valence-corrected chi connectivity index (χ2v) is 9.49. The van der Waals surface area contributed by atoms with Gasteiger partial charge in [0.15, 0.2) is 0 Å². The largest absolute Gasteiger partial charge is 0.481 e. The minimum absolute atomic E-state index is 0.0455. The highest BCUT2D eigenvalue weighted by molar-refractivity contribution is 7.89. The van der Waals surface area contributed by atoms with Gasteiger partial charge in [0.25, 0.3) is 0 Å². The number of hydrogen-bond acceptors (Lipinski definition) is 3. The lowest BCUT2D eigenvalue weighted by atomic mass is 9.77. The highest BCUT2D eigenvalue weighted by atomic mass is 32.2. The molecule has 124 valence electrons. The number of aliphatic carboxylic acids is 1. The second-order valence-electron chi connectivity index (χ2n) is 7.40. The Labute approximate surface area is 128 Å². The van der Waals surface area contributed by atoms with Crippen molar-refractivity contribution in [3.63, 3.8) is 0 Å². The molecule has 1 aliphatic rings. The maximum Gasteiger partial charge on any atom is 0.310 e. The molecule has 1 N–H and O–H groups in total. The van der Waals surface area contributed by atoms with E-state index in [0.29, 0.717) is 32.2 Å². The maximum absolute atomic E-state index is 12.5. The Bertz CT molecular complexity index is 463. The molecule has 1 rings (SSSR count). The molecule has 0 saturated carbocycles. The zero-order chi connectivity index (χ0) is 16.3. The minimum atomic E-state index is -3.37. The van der Waals surface area contributed by atoms with Gasteiger partial charge in [0.1, 0.15) is 0 Å². The van der Waals surface area contributed by atoms with Crippen molar-refractivity contribution in [2.45, 2.75) is 59.8 Å². The lowest BCUT2D eigenvalue weighted by Crippen LogP contribution is -2.50. The number of carboxylic acids is 1. The van der Waals surface area contributed by atoms with E-state index in [1.165, 1.54) is 4.31 Å². The molecular formula is C15H29NO4S. The van der Waals surface area contributed by atoms with Crippen molar-refractivity contribution in [3.05, 3.63) is 0 Å². The van der Waals surface area contributed by atoms with Gasteiger partial charge in [-0.3, -0.25) is 4.79 Å². The zero-order valence-corrected chi connectivity index (χ0v) is 14.5. The first kappa shape index (κ1) is 18.4. The molecule has 0 bridgehead atoms. The fourth-order valence-corrected chi connectivity index (χ4v) is 4.83. The van der Waals surface area contributed by atoms with E-state index in [0.717, 1.165) is 6.42 Å². The third kappa shape index (κ3) is 4.95. The average molecular weight is 319 g/mol. The molecule has 1 saturated heterocycles. The van der Waals surface area contributed by atoms with E-state index >= 15 is 0 Å². The van der Waals surface area contributed by atoms with Crippen LogP contribution in [0.2, 0.25) is 0 Å². The number of hydrogen-bond donors (Lipinski definition) is 1. The molecule has 1 heterocycles. The summed E-state index contributed by atoms with van der Waals surface area (Å²) in [6.07, 6.45) is 3.07. The molecular weight excluding hydrogens is 290 g/mol. The van der Waals surface area contributed by atoms with Crippen LogP contribution in [0.4, 0.5) is 0 Å². The zero-order valence-electron chi connectivity index (χ0n) is 13.7. The normalized spacial score (nSPS) is 25.0. The van der Waals surface area contributed by atoms with E-state index in [1.807, 2.05) is 27.7 Å². The van der Waals surface area contributed by atoms with E-state index in [1.54, 1.807) is 0 Å².